The molecule has 1 atom stereocenters. The summed E-state index contributed by atoms with van der Waals surface area (Å²) < 4.78 is 0. The van der Waals surface area contributed by atoms with Gasteiger partial charge in [-0.1, -0.05) is 30.3 Å². The van der Waals surface area contributed by atoms with E-state index < -0.39 is 18.0 Å². The molecule has 0 aliphatic rings. The molecule has 0 aliphatic carbocycles. The molecule has 6 nitrogen and oxygen atoms in total. The summed E-state index contributed by atoms with van der Waals surface area (Å²) in [6.07, 6.45) is -0.0136. The Morgan fingerprint density at radius 1 is 1.32 bits per heavy atom. The third-order valence-electron chi connectivity index (χ3n) is 2.62. The average molecular weight is 266 g/mol. The Hall–Kier alpha value is -2.08. The molecule has 104 valence electrons. The minimum atomic E-state index is -1.16. The van der Waals surface area contributed by atoms with E-state index in [0.29, 0.717) is 6.54 Å². The highest BCUT2D eigenvalue weighted by molar-refractivity contribution is 5.82. The SMILES string of the molecule is CN(Cc1ccccc1)C(=O)N[C@@H](CCO)C(=O)O. The third kappa shape index (κ3) is 4.97. The number of carbonyl (C=O) groups is 2. The standard InChI is InChI=1S/C13H18N2O4/c1-15(9-10-5-3-2-4-6-10)13(19)14-11(7-8-16)12(17)18/h2-6,11,16H,7-9H2,1H3,(H,14,19)(H,17,18)/t11-/m0/s1. The summed E-state index contributed by atoms with van der Waals surface area (Å²) in [6.45, 7) is 0.0950. The van der Waals surface area contributed by atoms with Gasteiger partial charge in [0.25, 0.3) is 0 Å². The summed E-state index contributed by atoms with van der Waals surface area (Å²) in [6, 6.07) is 7.82. The van der Waals surface area contributed by atoms with Gasteiger partial charge in [0, 0.05) is 26.6 Å². The lowest BCUT2D eigenvalue weighted by atomic mass is 10.2. The molecule has 0 heterocycles. The number of aliphatic carboxylic acids is 1. The summed E-state index contributed by atoms with van der Waals surface area (Å²) in [5.74, 6) is -1.16. The molecule has 1 aromatic rings. The fourth-order valence-electron chi connectivity index (χ4n) is 1.57. The number of hydrogen-bond donors (Lipinski definition) is 3. The van der Waals surface area contributed by atoms with Crippen molar-refractivity contribution in [2.24, 2.45) is 0 Å². The number of urea groups is 1. The second-order valence-electron chi connectivity index (χ2n) is 4.19. The van der Waals surface area contributed by atoms with Crippen LogP contribution in [0.2, 0.25) is 0 Å². The fraction of sp³-hybridized carbons (Fsp3) is 0.385. The van der Waals surface area contributed by atoms with Crippen molar-refractivity contribution in [1.82, 2.24) is 10.2 Å². The number of carbonyl (C=O) groups excluding carboxylic acids is 1. The second-order valence-corrected chi connectivity index (χ2v) is 4.19. The Morgan fingerprint density at radius 3 is 2.47 bits per heavy atom. The molecular formula is C13H18N2O4. The lowest BCUT2D eigenvalue weighted by Crippen LogP contribution is -2.46. The van der Waals surface area contributed by atoms with Crippen molar-refractivity contribution >= 4 is 12.0 Å². The number of rotatable bonds is 6. The summed E-state index contributed by atoms with van der Waals surface area (Å²) in [5.41, 5.74) is 0.953. The topological polar surface area (TPSA) is 89.9 Å². The van der Waals surface area contributed by atoms with Crippen LogP contribution in [0.15, 0.2) is 30.3 Å². The first kappa shape index (κ1) is 15.0. The van der Waals surface area contributed by atoms with Crippen molar-refractivity contribution in [2.75, 3.05) is 13.7 Å². The van der Waals surface area contributed by atoms with Gasteiger partial charge in [0.1, 0.15) is 6.04 Å². The first-order valence-corrected chi connectivity index (χ1v) is 5.93. The number of carboxylic acids is 1. The smallest absolute Gasteiger partial charge is 0.326 e. The van der Waals surface area contributed by atoms with Crippen LogP contribution in [0, 0.1) is 0 Å². The first-order valence-electron chi connectivity index (χ1n) is 5.93. The highest BCUT2D eigenvalue weighted by atomic mass is 16.4. The molecule has 0 aromatic heterocycles. The molecule has 0 bridgehead atoms. The van der Waals surface area contributed by atoms with Gasteiger partial charge in [0.05, 0.1) is 0 Å². The van der Waals surface area contributed by atoms with Crippen LogP contribution in [-0.2, 0) is 11.3 Å². The highest BCUT2D eigenvalue weighted by Gasteiger charge is 2.21. The molecule has 0 fully saturated rings. The highest BCUT2D eigenvalue weighted by Crippen LogP contribution is 2.03. The second kappa shape index (κ2) is 7.38. The van der Waals surface area contributed by atoms with E-state index in [1.54, 1.807) is 7.05 Å². The van der Waals surface area contributed by atoms with E-state index in [0.717, 1.165) is 5.56 Å². The van der Waals surface area contributed by atoms with Gasteiger partial charge in [0.15, 0.2) is 0 Å². The lowest BCUT2D eigenvalue weighted by Gasteiger charge is -2.21. The number of aliphatic hydroxyl groups is 1. The zero-order valence-corrected chi connectivity index (χ0v) is 10.7. The number of nitrogens with zero attached hydrogens (tertiary/aromatic N) is 1. The lowest BCUT2D eigenvalue weighted by molar-refractivity contribution is -0.139. The molecule has 0 saturated carbocycles. The first-order chi connectivity index (χ1) is 9.04. The van der Waals surface area contributed by atoms with Crippen LogP contribution in [0.1, 0.15) is 12.0 Å². The van der Waals surface area contributed by atoms with Gasteiger partial charge in [-0.15, -0.1) is 0 Å². The van der Waals surface area contributed by atoms with E-state index >= 15 is 0 Å². The van der Waals surface area contributed by atoms with Crippen LogP contribution >= 0.6 is 0 Å². The van der Waals surface area contributed by atoms with E-state index in [1.807, 2.05) is 30.3 Å². The number of benzene rings is 1. The van der Waals surface area contributed by atoms with Gasteiger partial charge in [-0.25, -0.2) is 9.59 Å². The molecule has 0 aliphatic heterocycles. The van der Waals surface area contributed by atoms with Gasteiger partial charge < -0.3 is 20.4 Å². The number of carboxylic acid groups (broad SMARTS) is 1. The normalized spacial score (nSPS) is 11.7. The third-order valence-corrected chi connectivity index (χ3v) is 2.62. The fourth-order valence-corrected chi connectivity index (χ4v) is 1.57. The van der Waals surface area contributed by atoms with Gasteiger partial charge in [-0.2, -0.15) is 0 Å². The Labute approximate surface area is 111 Å². The summed E-state index contributed by atoms with van der Waals surface area (Å²) >= 11 is 0. The molecule has 6 heteroatoms. The maximum atomic E-state index is 11.8. The predicted octanol–water partition coefficient (Wildman–Crippen LogP) is 0.664. The number of aliphatic hydroxyl groups excluding tert-OH is 1. The van der Waals surface area contributed by atoms with Gasteiger partial charge in [0.2, 0.25) is 0 Å². The Kier molecular flexibility index (Phi) is 5.81. The van der Waals surface area contributed by atoms with Crippen LogP contribution in [0.5, 0.6) is 0 Å². The average Bonchev–Trinajstić information content (AvgIpc) is 2.39. The quantitative estimate of drug-likeness (QED) is 0.705. The van der Waals surface area contributed by atoms with Crippen LogP contribution in [0.3, 0.4) is 0 Å². The van der Waals surface area contributed by atoms with Gasteiger partial charge in [-0.05, 0) is 5.56 Å². The maximum Gasteiger partial charge on any atom is 0.326 e. The van der Waals surface area contributed by atoms with Crippen LogP contribution in [-0.4, -0.2) is 46.8 Å². The molecule has 3 N–H and O–H groups in total. The largest absolute Gasteiger partial charge is 0.480 e. The minimum absolute atomic E-state index is 0.0136. The van der Waals surface area contributed by atoms with Crippen LogP contribution in [0.4, 0.5) is 4.79 Å². The molecular weight excluding hydrogens is 248 g/mol. The van der Waals surface area contributed by atoms with E-state index in [2.05, 4.69) is 5.32 Å². The molecule has 2 amide bonds. The number of nitrogens with one attached hydrogen (secondary N) is 1. The van der Waals surface area contributed by atoms with Gasteiger partial charge >= 0.3 is 12.0 Å². The summed E-state index contributed by atoms with van der Waals surface area (Å²) in [5, 5.41) is 20.0. The van der Waals surface area contributed by atoms with E-state index in [4.69, 9.17) is 10.2 Å². The van der Waals surface area contributed by atoms with Crippen molar-refractivity contribution in [3.8, 4) is 0 Å². The van der Waals surface area contributed by atoms with Crippen molar-refractivity contribution in [1.29, 1.82) is 0 Å². The molecule has 1 aromatic carbocycles. The number of hydrogen-bond acceptors (Lipinski definition) is 3. The molecule has 0 unspecified atom stereocenters. The maximum absolute atomic E-state index is 11.8. The van der Waals surface area contributed by atoms with Crippen molar-refractivity contribution in [3.63, 3.8) is 0 Å². The molecule has 19 heavy (non-hydrogen) atoms. The Morgan fingerprint density at radius 2 is 1.95 bits per heavy atom. The van der Waals surface area contributed by atoms with E-state index in [9.17, 15) is 9.59 Å². The van der Waals surface area contributed by atoms with E-state index in [-0.39, 0.29) is 13.0 Å². The molecule has 0 saturated heterocycles. The molecule has 0 spiro atoms. The zero-order chi connectivity index (χ0) is 14.3. The molecule has 0 radical (unpaired) electrons. The number of amides is 2. The van der Waals surface area contributed by atoms with Crippen LogP contribution < -0.4 is 5.32 Å². The molecule has 1 rings (SSSR count). The predicted molar refractivity (Wildman–Crippen MR) is 69.6 cm³/mol. The van der Waals surface area contributed by atoms with Crippen molar-refractivity contribution < 1.29 is 19.8 Å². The Bertz CT molecular complexity index is 422. The van der Waals surface area contributed by atoms with Crippen molar-refractivity contribution in [2.45, 2.75) is 19.0 Å². The monoisotopic (exact) mass is 266 g/mol. The Balaban J connectivity index is 2.54. The van der Waals surface area contributed by atoms with Gasteiger partial charge in [-0.3, -0.25) is 0 Å². The van der Waals surface area contributed by atoms with Crippen LogP contribution in [0.25, 0.3) is 0 Å². The van der Waals surface area contributed by atoms with Crippen molar-refractivity contribution in [3.05, 3.63) is 35.9 Å². The zero-order valence-electron chi connectivity index (χ0n) is 10.7. The summed E-state index contributed by atoms with van der Waals surface area (Å²) in [4.78, 5) is 24.1. The summed E-state index contributed by atoms with van der Waals surface area (Å²) in [7, 11) is 1.58. The van der Waals surface area contributed by atoms with E-state index in [1.165, 1.54) is 4.90 Å². The minimum Gasteiger partial charge on any atom is -0.480 e.